The molecule has 0 fully saturated rings. The Morgan fingerprint density at radius 3 is 2.45 bits per heavy atom. The van der Waals surface area contributed by atoms with E-state index in [1.54, 1.807) is 0 Å². The third-order valence-corrected chi connectivity index (χ3v) is 3.93. The van der Waals surface area contributed by atoms with Crippen LogP contribution < -0.4 is 5.32 Å². The van der Waals surface area contributed by atoms with E-state index in [0.29, 0.717) is 26.3 Å². The summed E-state index contributed by atoms with van der Waals surface area (Å²) in [6.07, 6.45) is 7.97. The van der Waals surface area contributed by atoms with E-state index >= 15 is 0 Å². The zero-order chi connectivity index (χ0) is 15.3. The molecule has 0 spiro atoms. The molecule has 5 nitrogen and oxygen atoms in total. The first kappa shape index (κ1) is 19.8. The van der Waals surface area contributed by atoms with E-state index in [-0.39, 0.29) is 5.75 Å². The fourth-order valence-electron chi connectivity index (χ4n) is 1.79. The summed E-state index contributed by atoms with van der Waals surface area (Å²) in [5, 5.41) is 12.5. The van der Waals surface area contributed by atoms with Crippen molar-refractivity contribution in [3.63, 3.8) is 0 Å². The lowest BCUT2D eigenvalue weighted by molar-refractivity contribution is 0.0357. The van der Waals surface area contributed by atoms with Crippen LogP contribution in [0.5, 0.6) is 0 Å². The van der Waals surface area contributed by atoms with Crippen molar-refractivity contribution in [2.24, 2.45) is 0 Å². The summed E-state index contributed by atoms with van der Waals surface area (Å²) in [4.78, 5) is 0. The predicted molar refractivity (Wildman–Crippen MR) is 82.8 cm³/mol. The maximum atomic E-state index is 10.9. The maximum absolute atomic E-state index is 10.9. The van der Waals surface area contributed by atoms with Crippen molar-refractivity contribution in [3.8, 4) is 0 Å². The highest BCUT2D eigenvalue weighted by molar-refractivity contribution is 7.90. The summed E-state index contributed by atoms with van der Waals surface area (Å²) < 4.78 is 27.2. The van der Waals surface area contributed by atoms with Gasteiger partial charge in [0.1, 0.15) is 9.84 Å². The monoisotopic (exact) mass is 309 g/mol. The first-order chi connectivity index (χ1) is 9.45. The molecular weight excluding hydrogens is 278 g/mol. The molecule has 1 atom stereocenters. The second-order valence-electron chi connectivity index (χ2n) is 5.33. The van der Waals surface area contributed by atoms with Gasteiger partial charge < -0.3 is 15.2 Å². The number of rotatable bonds is 14. The smallest absolute Gasteiger partial charge is 0.148 e. The van der Waals surface area contributed by atoms with Gasteiger partial charge >= 0.3 is 0 Å². The van der Waals surface area contributed by atoms with Gasteiger partial charge in [0.15, 0.2) is 0 Å². The summed E-state index contributed by atoms with van der Waals surface area (Å²) >= 11 is 0. The van der Waals surface area contributed by atoms with Gasteiger partial charge in [-0.1, -0.05) is 39.0 Å². The molecule has 0 rings (SSSR count). The van der Waals surface area contributed by atoms with Crippen LogP contribution in [0, 0.1) is 0 Å². The van der Waals surface area contributed by atoms with Crippen LogP contribution in [0.1, 0.15) is 45.4 Å². The molecule has 6 heteroatoms. The highest BCUT2D eigenvalue weighted by Gasteiger charge is 2.05. The standard InChI is InChI=1S/C14H31NO4S/c1-3-4-5-6-7-8-10-19-13-14(16)12-15-9-11-20(2,17)18/h14-16H,3-13H2,1-2H3. The molecule has 0 amide bonds. The zero-order valence-electron chi connectivity index (χ0n) is 12.9. The quantitative estimate of drug-likeness (QED) is 0.474. The minimum Gasteiger partial charge on any atom is -0.389 e. The topological polar surface area (TPSA) is 75.6 Å². The fourth-order valence-corrected chi connectivity index (χ4v) is 2.30. The first-order valence-electron chi connectivity index (χ1n) is 7.60. The number of ether oxygens (including phenoxy) is 1. The first-order valence-corrected chi connectivity index (χ1v) is 9.66. The minimum atomic E-state index is -2.93. The van der Waals surface area contributed by atoms with Crippen LogP contribution in [-0.4, -0.2) is 57.9 Å². The Labute approximate surface area is 124 Å². The zero-order valence-corrected chi connectivity index (χ0v) is 13.8. The van der Waals surface area contributed by atoms with Crippen LogP contribution in [0.2, 0.25) is 0 Å². The van der Waals surface area contributed by atoms with E-state index in [2.05, 4.69) is 12.2 Å². The Morgan fingerprint density at radius 2 is 1.80 bits per heavy atom. The van der Waals surface area contributed by atoms with Gasteiger partial charge in [0.2, 0.25) is 0 Å². The van der Waals surface area contributed by atoms with Crippen LogP contribution in [0.25, 0.3) is 0 Å². The largest absolute Gasteiger partial charge is 0.389 e. The lowest BCUT2D eigenvalue weighted by Crippen LogP contribution is -2.33. The molecule has 122 valence electrons. The number of aliphatic hydroxyl groups excluding tert-OH is 1. The molecule has 0 aliphatic rings. The Hall–Kier alpha value is -0.170. The van der Waals surface area contributed by atoms with Crippen LogP contribution in [0.4, 0.5) is 0 Å². The fraction of sp³-hybridized carbons (Fsp3) is 1.00. The molecule has 0 saturated carbocycles. The Kier molecular flexibility index (Phi) is 12.5. The molecule has 1 unspecified atom stereocenters. The maximum Gasteiger partial charge on any atom is 0.148 e. The van der Waals surface area contributed by atoms with Gasteiger partial charge in [-0.05, 0) is 6.42 Å². The molecule has 0 aliphatic carbocycles. The molecule has 2 N–H and O–H groups in total. The van der Waals surface area contributed by atoms with Crippen molar-refractivity contribution >= 4 is 9.84 Å². The predicted octanol–water partition coefficient (Wildman–Crippen LogP) is 1.36. The molecule has 0 bridgehead atoms. The molecular formula is C14H31NO4S. The third-order valence-electron chi connectivity index (χ3n) is 2.98. The molecule has 0 aromatic heterocycles. The highest BCUT2D eigenvalue weighted by atomic mass is 32.2. The van der Waals surface area contributed by atoms with E-state index < -0.39 is 15.9 Å². The van der Waals surface area contributed by atoms with E-state index in [1.807, 2.05) is 0 Å². The molecule has 0 heterocycles. The summed E-state index contributed by atoms with van der Waals surface area (Å²) in [5.74, 6) is 0.0956. The third kappa shape index (κ3) is 15.9. The van der Waals surface area contributed by atoms with E-state index in [9.17, 15) is 13.5 Å². The number of hydrogen-bond acceptors (Lipinski definition) is 5. The number of hydrogen-bond donors (Lipinski definition) is 2. The molecule has 0 radical (unpaired) electrons. The minimum absolute atomic E-state index is 0.0956. The van der Waals surface area contributed by atoms with E-state index in [1.165, 1.54) is 38.4 Å². The van der Waals surface area contributed by atoms with Crippen molar-refractivity contribution in [2.45, 2.75) is 51.6 Å². The highest BCUT2D eigenvalue weighted by Crippen LogP contribution is 2.04. The summed E-state index contributed by atoms with van der Waals surface area (Å²) in [6.45, 7) is 3.93. The second kappa shape index (κ2) is 12.6. The van der Waals surface area contributed by atoms with Gasteiger partial charge in [-0.15, -0.1) is 0 Å². The Bertz CT molecular complexity index is 306. The van der Waals surface area contributed by atoms with Crippen LogP contribution in [0.15, 0.2) is 0 Å². The Morgan fingerprint density at radius 1 is 1.15 bits per heavy atom. The molecule has 0 aromatic carbocycles. The van der Waals surface area contributed by atoms with Crippen molar-refractivity contribution in [2.75, 3.05) is 38.3 Å². The van der Waals surface area contributed by atoms with Crippen LogP contribution >= 0.6 is 0 Å². The average molecular weight is 309 g/mol. The summed E-state index contributed by atoms with van der Waals surface area (Å²) in [6, 6.07) is 0. The lowest BCUT2D eigenvalue weighted by atomic mass is 10.1. The van der Waals surface area contributed by atoms with Crippen LogP contribution in [0.3, 0.4) is 0 Å². The molecule has 0 saturated heterocycles. The number of aliphatic hydroxyl groups is 1. The molecule has 0 aliphatic heterocycles. The van der Waals surface area contributed by atoms with Gasteiger partial charge in [0.25, 0.3) is 0 Å². The summed E-state index contributed by atoms with van der Waals surface area (Å²) in [7, 11) is -2.93. The van der Waals surface area contributed by atoms with Gasteiger partial charge in [-0.2, -0.15) is 0 Å². The van der Waals surface area contributed by atoms with Crippen molar-refractivity contribution in [1.29, 1.82) is 0 Å². The molecule has 20 heavy (non-hydrogen) atoms. The van der Waals surface area contributed by atoms with Crippen LogP contribution in [-0.2, 0) is 14.6 Å². The average Bonchev–Trinajstić information content (AvgIpc) is 2.37. The van der Waals surface area contributed by atoms with Gasteiger partial charge in [0.05, 0.1) is 18.5 Å². The van der Waals surface area contributed by atoms with Gasteiger partial charge in [-0.25, -0.2) is 8.42 Å². The summed E-state index contributed by atoms with van der Waals surface area (Å²) in [5.41, 5.74) is 0. The second-order valence-corrected chi connectivity index (χ2v) is 7.59. The lowest BCUT2D eigenvalue weighted by Gasteiger charge is -2.12. The number of nitrogens with one attached hydrogen (secondary N) is 1. The number of sulfone groups is 1. The van der Waals surface area contributed by atoms with Crippen molar-refractivity contribution < 1.29 is 18.3 Å². The normalized spacial score (nSPS) is 13.6. The molecule has 0 aromatic rings. The van der Waals surface area contributed by atoms with E-state index in [4.69, 9.17) is 4.74 Å². The van der Waals surface area contributed by atoms with E-state index in [0.717, 1.165) is 6.42 Å². The van der Waals surface area contributed by atoms with Crippen molar-refractivity contribution in [1.82, 2.24) is 5.32 Å². The van der Waals surface area contributed by atoms with Gasteiger partial charge in [-0.3, -0.25) is 0 Å². The SMILES string of the molecule is CCCCCCCCOCC(O)CNCCS(C)(=O)=O. The number of unbranched alkanes of at least 4 members (excludes halogenated alkanes) is 5. The van der Waals surface area contributed by atoms with Gasteiger partial charge in [0, 0.05) is 26.0 Å². The van der Waals surface area contributed by atoms with Crippen molar-refractivity contribution in [3.05, 3.63) is 0 Å². The Balaban J connectivity index is 3.26.